The Morgan fingerprint density at radius 1 is 1.17 bits per heavy atom. The van der Waals surface area contributed by atoms with E-state index in [4.69, 9.17) is 9.47 Å². The van der Waals surface area contributed by atoms with Crippen molar-refractivity contribution >= 4 is 17.1 Å². The molecule has 9 heteroatoms. The standard InChI is InChI=1S/C15H21N3O6/c1-2-6-16-15-12(17(19)20)9-11(10-13(15)18(21)22)4-5-14-23-7-3-8-24-14/h9-10,14,16H,2-8H2,1H3. The number of aryl methyl sites for hydroxylation is 1. The van der Waals surface area contributed by atoms with Gasteiger partial charge in [-0.2, -0.15) is 0 Å². The fraction of sp³-hybridized carbons (Fsp3) is 0.600. The van der Waals surface area contributed by atoms with Crippen molar-refractivity contribution in [1.29, 1.82) is 0 Å². The number of ether oxygens (including phenoxy) is 2. The highest BCUT2D eigenvalue weighted by Crippen LogP contribution is 2.36. The molecule has 1 saturated heterocycles. The average molecular weight is 339 g/mol. The zero-order chi connectivity index (χ0) is 17.5. The topological polar surface area (TPSA) is 117 Å². The second-order valence-electron chi connectivity index (χ2n) is 5.51. The Kier molecular flexibility index (Phi) is 6.44. The second-order valence-corrected chi connectivity index (χ2v) is 5.51. The van der Waals surface area contributed by atoms with Crippen LogP contribution in [-0.4, -0.2) is 35.9 Å². The Hall–Kier alpha value is -2.26. The average Bonchev–Trinajstić information content (AvgIpc) is 2.58. The second kappa shape index (κ2) is 8.55. The monoisotopic (exact) mass is 339 g/mol. The maximum atomic E-state index is 11.3. The molecule has 1 heterocycles. The number of hydrogen-bond donors (Lipinski definition) is 1. The first kappa shape index (κ1) is 18.1. The van der Waals surface area contributed by atoms with Gasteiger partial charge in [0.05, 0.1) is 23.1 Å². The van der Waals surface area contributed by atoms with Crippen LogP contribution >= 0.6 is 0 Å². The smallest absolute Gasteiger partial charge is 0.299 e. The third-order valence-corrected chi connectivity index (χ3v) is 3.67. The fourth-order valence-electron chi connectivity index (χ4n) is 2.52. The zero-order valence-corrected chi connectivity index (χ0v) is 13.5. The molecule has 0 unspecified atom stereocenters. The molecule has 0 aromatic heterocycles. The fourth-order valence-corrected chi connectivity index (χ4v) is 2.52. The van der Waals surface area contributed by atoms with Crippen LogP contribution in [0.1, 0.15) is 31.7 Å². The van der Waals surface area contributed by atoms with E-state index in [9.17, 15) is 20.2 Å². The Balaban J connectivity index is 2.24. The Labute approximate surface area is 139 Å². The van der Waals surface area contributed by atoms with E-state index in [1.54, 1.807) is 0 Å². The van der Waals surface area contributed by atoms with Crippen LogP contribution in [0, 0.1) is 20.2 Å². The number of anilines is 1. The summed E-state index contributed by atoms with van der Waals surface area (Å²) < 4.78 is 10.9. The predicted molar refractivity (Wildman–Crippen MR) is 87.2 cm³/mol. The van der Waals surface area contributed by atoms with Crippen LogP contribution in [-0.2, 0) is 15.9 Å². The van der Waals surface area contributed by atoms with Crippen molar-refractivity contribution in [2.24, 2.45) is 0 Å². The maximum absolute atomic E-state index is 11.3. The van der Waals surface area contributed by atoms with Crippen LogP contribution in [0.15, 0.2) is 12.1 Å². The first-order valence-electron chi connectivity index (χ1n) is 7.95. The number of nitro benzene ring substituents is 2. The molecule has 0 bridgehead atoms. The Morgan fingerprint density at radius 3 is 2.25 bits per heavy atom. The number of nitrogens with zero attached hydrogens (tertiary/aromatic N) is 2. The lowest BCUT2D eigenvalue weighted by atomic mass is 10.1. The molecule has 1 aliphatic heterocycles. The van der Waals surface area contributed by atoms with Crippen LogP contribution in [0.3, 0.4) is 0 Å². The van der Waals surface area contributed by atoms with Crippen molar-refractivity contribution in [3.63, 3.8) is 0 Å². The summed E-state index contributed by atoms with van der Waals surface area (Å²) in [7, 11) is 0. The van der Waals surface area contributed by atoms with E-state index >= 15 is 0 Å². The van der Waals surface area contributed by atoms with Gasteiger partial charge in [-0.15, -0.1) is 0 Å². The normalized spacial score (nSPS) is 15.2. The highest BCUT2D eigenvalue weighted by Gasteiger charge is 2.27. The van der Waals surface area contributed by atoms with Crippen molar-refractivity contribution in [3.05, 3.63) is 37.9 Å². The molecule has 0 amide bonds. The molecule has 0 aliphatic carbocycles. The van der Waals surface area contributed by atoms with Gasteiger partial charge < -0.3 is 14.8 Å². The van der Waals surface area contributed by atoms with Gasteiger partial charge in [-0.25, -0.2) is 0 Å². The van der Waals surface area contributed by atoms with Gasteiger partial charge in [-0.1, -0.05) is 6.92 Å². The van der Waals surface area contributed by atoms with E-state index in [2.05, 4.69) is 5.32 Å². The molecule has 2 rings (SSSR count). The van der Waals surface area contributed by atoms with Crippen molar-refractivity contribution in [2.45, 2.75) is 38.9 Å². The maximum Gasteiger partial charge on any atom is 0.299 e. The SMILES string of the molecule is CCCNc1c([N+](=O)[O-])cc(CCC2OCCCO2)cc1[N+](=O)[O-]. The largest absolute Gasteiger partial charge is 0.374 e. The van der Waals surface area contributed by atoms with Crippen LogP contribution < -0.4 is 5.32 Å². The number of nitrogens with one attached hydrogen (secondary N) is 1. The lowest BCUT2D eigenvalue weighted by Gasteiger charge is -2.23. The van der Waals surface area contributed by atoms with Gasteiger partial charge in [0, 0.05) is 25.1 Å². The predicted octanol–water partition coefficient (Wildman–Crippen LogP) is 3.02. The van der Waals surface area contributed by atoms with E-state index in [1.165, 1.54) is 12.1 Å². The van der Waals surface area contributed by atoms with Crippen molar-refractivity contribution in [1.82, 2.24) is 0 Å². The summed E-state index contributed by atoms with van der Waals surface area (Å²) in [4.78, 5) is 21.4. The molecule has 1 aromatic rings. The molecule has 0 radical (unpaired) electrons. The molecule has 9 nitrogen and oxygen atoms in total. The molecular formula is C15H21N3O6. The van der Waals surface area contributed by atoms with Crippen molar-refractivity contribution < 1.29 is 19.3 Å². The number of hydrogen-bond acceptors (Lipinski definition) is 7. The first-order chi connectivity index (χ1) is 11.5. The van der Waals surface area contributed by atoms with Gasteiger partial charge in [-0.3, -0.25) is 20.2 Å². The molecule has 1 fully saturated rings. The van der Waals surface area contributed by atoms with Gasteiger partial charge in [0.25, 0.3) is 11.4 Å². The van der Waals surface area contributed by atoms with Crippen LogP contribution in [0.2, 0.25) is 0 Å². The van der Waals surface area contributed by atoms with E-state index in [1.807, 2.05) is 6.92 Å². The van der Waals surface area contributed by atoms with Gasteiger partial charge in [0.1, 0.15) is 0 Å². The van der Waals surface area contributed by atoms with Gasteiger partial charge in [0.15, 0.2) is 12.0 Å². The minimum Gasteiger partial charge on any atom is -0.374 e. The first-order valence-corrected chi connectivity index (χ1v) is 7.95. The molecule has 132 valence electrons. The Bertz CT molecular complexity index is 566. The molecule has 1 N–H and O–H groups in total. The number of rotatable bonds is 8. The van der Waals surface area contributed by atoms with Crippen molar-refractivity contribution in [2.75, 3.05) is 25.1 Å². The van der Waals surface area contributed by atoms with E-state index in [0.717, 1.165) is 6.42 Å². The lowest BCUT2D eigenvalue weighted by Crippen LogP contribution is -2.25. The van der Waals surface area contributed by atoms with Gasteiger partial charge >= 0.3 is 0 Å². The highest BCUT2D eigenvalue weighted by atomic mass is 16.7. The summed E-state index contributed by atoms with van der Waals surface area (Å²) in [6, 6.07) is 2.77. The summed E-state index contributed by atoms with van der Waals surface area (Å²) in [5.74, 6) is 0. The molecule has 0 spiro atoms. The molecule has 1 aliphatic rings. The number of nitro groups is 2. The molecular weight excluding hydrogens is 318 g/mol. The minimum atomic E-state index is -0.595. The quantitative estimate of drug-likeness (QED) is 0.571. The summed E-state index contributed by atoms with van der Waals surface area (Å²) >= 11 is 0. The summed E-state index contributed by atoms with van der Waals surface area (Å²) in [6.45, 7) is 3.53. The Morgan fingerprint density at radius 2 is 1.75 bits per heavy atom. The zero-order valence-electron chi connectivity index (χ0n) is 13.5. The van der Waals surface area contributed by atoms with Crippen LogP contribution in [0.5, 0.6) is 0 Å². The van der Waals surface area contributed by atoms with E-state index in [0.29, 0.717) is 44.6 Å². The summed E-state index contributed by atoms with van der Waals surface area (Å²) in [6.07, 6.45) is 2.07. The molecule has 24 heavy (non-hydrogen) atoms. The van der Waals surface area contributed by atoms with Crippen molar-refractivity contribution in [3.8, 4) is 0 Å². The molecule has 0 atom stereocenters. The minimum absolute atomic E-state index is 0.0410. The third kappa shape index (κ3) is 4.62. The van der Waals surface area contributed by atoms with E-state index in [-0.39, 0.29) is 23.4 Å². The molecule has 1 aromatic carbocycles. The van der Waals surface area contributed by atoms with E-state index < -0.39 is 9.85 Å². The number of benzene rings is 1. The van der Waals surface area contributed by atoms with Gasteiger partial charge in [0.2, 0.25) is 0 Å². The highest BCUT2D eigenvalue weighted by molar-refractivity contribution is 5.74. The lowest BCUT2D eigenvalue weighted by molar-refractivity contribution is -0.392. The third-order valence-electron chi connectivity index (χ3n) is 3.67. The summed E-state index contributed by atoms with van der Waals surface area (Å²) in [5, 5.41) is 25.4. The van der Waals surface area contributed by atoms with Crippen LogP contribution in [0.4, 0.5) is 17.1 Å². The van der Waals surface area contributed by atoms with Crippen LogP contribution in [0.25, 0.3) is 0 Å². The van der Waals surface area contributed by atoms with Gasteiger partial charge in [-0.05, 0) is 24.8 Å². The molecule has 0 saturated carbocycles. The summed E-state index contributed by atoms with van der Waals surface area (Å²) in [5.41, 5.74) is -0.0785.